The van der Waals surface area contributed by atoms with Crippen molar-refractivity contribution in [2.24, 2.45) is 0 Å². The number of thioether (sulfide) groups is 1. The molecule has 0 aromatic heterocycles. The highest BCUT2D eigenvalue weighted by Gasteiger charge is 2.46. The quantitative estimate of drug-likeness (QED) is 0.708. The molecule has 3 rings (SSSR count). The fraction of sp³-hybridized carbons (Fsp3) is 0.273. The fourth-order valence-electron chi connectivity index (χ4n) is 2.02. The van der Waals surface area contributed by atoms with Crippen LogP contribution in [0.3, 0.4) is 0 Å². The molecule has 2 heterocycles. The largest absolute Gasteiger partial charge is 0.327 e. The number of rotatable bonds is 1. The number of benzene rings is 1. The van der Waals surface area contributed by atoms with Crippen LogP contribution in [0.1, 0.15) is 0 Å². The van der Waals surface area contributed by atoms with Crippen LogP contribution in [0.15, 0.2) is 30.3 Å². The molecule has 2 fully saturated rings. The Balaban J connectivity index is 1.98. The lowest BCUT2D eigenvalue weighted by Gasteiger charge is -2.18. The van der Waals surface area contributed by atoms with Gasteiger partial charge >= 0.3 is 0 Å². The minimum Gasteiger partial charge on any atom is -0.327 e. The zero-order valence-electron chi connectivity index (χ0n) is 8.50. The number of carbonyl (C=O) groups excluding carboxylic acids is 1. The molecule has 1 amide bonds. The third-order valence-corrected chi connectivity index (χ3v) is 4.38. The molecule has 0 aliphatic carbocycles. The van der Waals surface area contributed by atoms with Crippen molar-refractivity contribution >= 4 is 40.7 Å². The summed E-state index contributed by atoms with van der Waals surface area (Å²) in [5.74, 6) is 1.08. The van der Waals surface area contributed by atoms with E-state index in [2.05, 4.69) is 0 Å². The summed E-state index contributed by atoms with van der Waals surface area (Å²) in [6, 6.07) is 9.60. The van der Waals surface area contributed by atoms with Crippen molar-refractivity contribution in [2.45, 2.75) is 5.37 Å². The van der Waals surface area contributed by atoms with Gasteiger partial charge < -0.3 is 4.90 Å². The summed E-state index contributed by atoms with van der Waals surface area (Å²) >= 11 is 7.03. The van der Waals surface area contributed by atoms with E-state index in [-0.39, 0.29) is 11.3 Å². The monoisotopic (exact) mass is 250 g/mol. The molecule has 16 heavy (non-hydrogen) atoms. The number of thiocarbonyl (C=S) groups is 1. The Morgan fingerprint density at radius 1 is 1.31 bits per heavy atom. The van der Waals surface area contributed by atoms with Crippen LogP contribution in [-0.2, 0) is 4.79 Å². The Morgan fingerprint density at radius 3 is 2.75 bits per heavy atom. The minimum atomic E-state index is -0.0901. The van der Waals surface area contributed by atoms with Gasteiger partial charge in [-0.1, -0.05) is 18.2 Å². The Morgan fingerprint density at radius 2 is 2.06 bits per heavy atom. The van der Waals surface area contributed by atoms with E-state index in [1.54, 1.807) is 16.7 Å². The van der Waals surface area contributed by atoms with Gasteiger partial charge in [0.05, 0.1) is 5.69 Å². The number of nitrogens with zero attached hydrogens (tertiary/aromatic N) is 2. The predicted octanol–water partition coefficient (Wildman–Crippen LogP) is 1.69. The van der Waals surface area contributed by atoms with Crippen LogP contribution in [0.2, 0.25) is 0 Å². The summed E-state index contributed by atoms with van der Waals surface area (Å²) in [6.07, 6.45) is 0. The van der Waals surface area contributed by atoms with Gasteiger partial charge in [0.2, 0.25) is 0 Å². The van der Waals surface area contributed by atoms with Gasteiger partial charge in [-0.05, 0) is 24.4 Å². The lowest BCUT2D eigenvalue weighted by molar-refractivity contribution is -0.117. The Hall–Kier alpha value is -1.07. The second kappa shape index (κ2) is 3.75. The molecule has 2 aliphatic heterocycles. The molecule has 2 saturated heterocycles. The predicted molar refractivity (Wildman–Crippen MR) is 69.5 cm³/mol. The Kier molecular flexibility index (Phi) is 2.37. The molecule has 3 nitrogen and oxygen atoms in total. The smallest absolute Gasteiger partial charge is 0.266 e. The summed E-state index contributed by atoms with van der Waals surface area (Å²) in [5.41, 5.74) is 0.868. The molecule has 0 unspecified atom stereocenters. The molecule has 2 aliphatic rings. The molecule has 0 bridgehead atoms. The third-order valence-electron chi connectivity index (χ3n) is 2.77. The van der Waals surface area contributed by atoms with Crippen LogP contribution >= 0.6 is 24.0 Å². The molecular weight excluding hydrogens is 240 g/mol. The molecule has 0 radical (unpaired) electrons. The number of hydrogen-bond donors (Lipinski definition) is 0. The lowest BCUT2D eigenvalue weighted by atomic mass is 10.3. The standard InChI is InChI=1S/C11H10N2OS2/c14-9-10-12(6-7-16-10)11(15)13(9)8-4-2-1-3-5-8/h1-5,10H,6-7H2/t10-/m0/s1. The Bertz CT molecular complexity index is 427. The summed E-state index contributed by atoms with van der Waals surface area (Å²) in [5, 5.41) is 0.555. The molecule has 0 N–H and O–H groups in total. The van der Waals surface area contributed by atoms with Gasteiger partial charge in [0.25, 0.3) is 5.91 Å². The van der Waals surface area contributed by atoms with Crippen molar-refractivity contribution in [3.8, 4) is 0 Å². The molecule has 1 aromatic rings. The second-order valence-corrected chi connectivity index (χ2v) is 5.26. The zero-order valence-corrected chi connectivity index (χ0v) is 10.1. The number of carbonyl (C=O) groups is 1. The van der Waals surface area contributed by atoms with E-state index in [9.17, 15) is 4.79 Å². The van der Waals surface area contributed by atoms with Gasteiger partial charge in [-0.2, -0.15) is 0 Å². The summed E-state index contributed by atoms with van der Waals surface area (Å²) in [6.45, 7) is 0.878. The van der Waals surface area contributed by atoms with Crippen molar-refractivity contribution in [2.75, 3.05) is 17.2 Å². The van der Waals surface area contributed by atoms with Gasteiger partial charge in [0.1, 0.15) is 0 Å². The highest BCUT2D eigenvalue weighted by atomic mass is 32.2. The van der Waals surface area contributed by atoms with Crippen LogP contribution < -0.4 is 4.90 Å². The first-order valence-corrected chi connectivity index (χ1v) is 6.56. The number of anilines is 1. The minimum absolute atomic E-state index is 0.0901. The molecule has 1 aromatic carbocycles. The van der Waals surface area contributed by atoms with E-state index < -0.39 is 0 Å². The Labute approximate surface area is 103 Å². The van der Waals surface area contributed by atoms with Crippen molar-refractivity contribution < 1.29 is 4.79 Å². The van der Waals surface area contributed by atoms with Crippen molar-refractivity contribution in [1.29, 1.82) is 0 Å². The molecular formula is C11H10N2OS2. The first-order valence-electron chi connectivity index (χ1n) is 5.10. The topological polar surface area (TPSA) is 23.6 Å². The highest BCUT2D eigenvalue weighted by Crippen LogP contribution is 2.34. The summed E-state index contributed by atoms with van der Waals surface area (Å²) in [4.78, 5) is 15.8. The number of para-hydroxylation sites is 1. The van der Waals surface area contributed by atoms with Crippen molar-refractivity contribution in [3.63, 3.8) is 0 Å². The first-order chi connectivity index (χ1) is 7.79. The van der Waals surface area contributed by atoms with Gasteiger partial charge in [0.15, 0.2) is 10.5 Å². The SMILES string of the molecule is O=C1[C@@H]2SCCN2C(=S)N1c1ccccc1. The molecule has 82 valence electrons. The van der Waals surface area contributed by atoms with Crippen molar-refractivity contribution in [3.05, 3.63) is 30.3 Å². The normalized spacial score (nSPS) is 24.1. The average molecular weight is 250 g/mol. The van der Waals surface area contributed by atoms with E-state index in [1.165, 1.54) is 0 Å². The van der Waals surface area contributed by atoms with E-state index >= 15 is 0 Å². The van der Waals surface area contributed by atoms with Gasteiger partial charge in [-0.15, -0.1) is 11.8 Å². The number of amides is 1. The lowest BCUT2D eigenvalue weighted by Crippen LogP contribution is -2.33. The zero-order chi connectivity index (χ0) is 11.1. The third kappa shape index (κ3) is 1.35. The van der Waals surface area contributed by atoms with Crippen LogP contribution in [0, 0.1) is 0 Å². The fourth-order valence-corrected chi connectivity index (χ4v) is 3.64. The number of fused-ring (bicyclic) bond motifs is 1. The van der Waals surface area contributed by atoms with Crippen LogP contribution in [-0.4, -0.2) is 33.6 Å². The van der Waals surface area contributed by atoms with E-state index in [0.717, 1.165) is 18.0 Å². The first kappa shape index (κ1) is 10.1. The highest BCUT2D eigenvalue weighted by molar-refractivity contribution is 8.01. The van der Waals surface area contributed by atoms with Gasteiger partial charge in [-0.25, -0.2) is 0 Å². The molecule has 0 spiro atoms. The molecule has 0 saturated carbocycles. The van der Waals surface area contributed by atoms with Crippen molar-refractivity contribution in [1.82, 2.24) is 4.90 Å². The second-order valence-electron chi connectivity index (χ2n) is 3.71. The molecule has 1 atom stereocenters. The maximum Gasteiger partial charge on any atom is 0.266 e. The van der Waals surface area contributed by atoms with E-state index in [4.69, 9.17) is 12.2 Å². The summed E-state index contributed by atoms with van der Waals surface area (Å²) in [7, 11) is 0. The van der Waals surface area contributed by atoms with Gasteiger partial charge in [-0.3, -0.25) is 9.69 Å². The van der Waals surface area contributed by atoms with E-state index in [1.807, 2.05) is 35.2 Å². The van der Waals surface area contributed by atoms with Crippen LogP contribution in [0.4, 0.5) is 5.69 Å². The maximum atomic E-state index is 12.2. The summed E-state index contributed by atoms with van der Waals surface area (Å²) < 4.78 is 0. The average Bonchev–Trinajstić information content (AvgIpc) is 2.86. The van der Waals surface area contributed by atoms with E-state index in [0.29, 0.717) is 5.11 Å². The van der Waals surface area contributed by atoms with Gasteiger partial charge in [0, 0.05) is 12.3 Å². The maximum absolute atomic E-state index is 12.2. The van der Waals surface area contributed by atoms with Crippen LogP contribution in [0.25, 0.3) is 0 Å². The number of hydrogen-bond acceptors (Lipinski definition) is 3. The molecule has 5 heteroatoms. The van der Waals surface area contributed by atoms with Crippen LogP contribution in [0.5, 0.6) is 0 Å².